The summed E-state index contributed by atoms with van der Waals surface area (Å²) < 4.78 is 0. The summed E-state index contributed by atoms with van der Waals surface area (Å²) in [6.07, 6.45) is 1.53. The quantitative estimate of drug-likeness (QED) is 0.405. The van der Waals surface area contributed by atoms with Gasteiger partial charge >= 0.3 is 5.97 Å². The molecular weight excluding hydrogens is 184 g/mol. The third kappa shape index (κ3) is 7.54. The fraction of sp³-hybridized carbons (Fsp3) is 0.778. The summed E-state index contributed by atoms with van der Waals surface area (Å²) in [5.74, 6) is -0.757. The molecule has 0 fully saturated rings. The average molecular weight is 202 g/mol. The highest BCUT2D eigenvalue weighted by Crippen LogP contribution is 1.94. The van der Waals surface area contributed by atoms with E-state index in [1.54, 1.807) is 0 Å². The third-order valence-corrected chi connectivity index (χ3v) is 1.97. The predicted molar refractivity (Wildman–Crippen MR) is 53.1 cm³/mol. The molecule has 0 aliphatic rings. The van der Waals surface area contributed by atoms with E-state index in [9.17, 15) is 9.59 Å². The number of nitrogens with zero attached hydrogens (tertiary/aromatic N) is 1. The Balaban J connectivity index is 3.47. The molecule has 0 bridgehead atoms. The largest absolute Gasteiger partial charge is 0.481 e. The predicted octanol–water partition coefficient (Wildman–Crippen LogP) is -0.0809. The van der Waals surface area contributed by atoms with Crippen LogP contribution in [-0.4, -0.2) is 48.6 Å². The van der Waals surface area contributed by atoms with Crippen LogP contribution in [0.2, 0.25) is 0 Å². The number of carboxylic acids is 1. The lowest BCUT2D eigenvalue weighted by Gasteiger charge is -2.19. The molecule has 0 radical (unpaired) electrons. The number of hydrogen-bond donors (Lipinski definition) is 2. The second kappa shape index (κ2) is 8.50. The zero-order chi connectivity index (χ0) is 10.8. The van der Waals surface area contributed by atoms with Gasteiger partial charge in [-0.1, -0.05) is 6.92 Å². The molecule has 5 nitrogen and oxygen atoms in total. The van der Waals surface area contributed by atoms with Gasteiger partial charge in [0.2, 0.25) is 6.41 Å². The smallest absolute Gasteiger partial charge is 0.303 e. The molecule has 1 amide bonds. The van der Waals surface area contributed by atoms with Crippen LogP contribution in [0.5, 0.6) is 0 Å². The highest BCUT2D eigenvalue weighted by Gasteiger charge is 2.03. The van der Waals surface area contributed by atoms with Crippen LogP contribution in [0.3, 0.4) is 0 Å². The second-order valence-corrected chi connectivity index (χ2v) is 3.00. The van der Waals surface area contributed by atoms with Crippen LogP contribution in [0.15, 0.2) is 0 Å². The minimum atomic E-state index is -0.757. The molecule has 82 valence electrons. The van der Waals surface area contributed by atoms with Gasteiger partial charge in [0, 0.05) is 19.5 Å². The summed E-state index contributed by atoms with van der Waals surface area (Å²) in [4.78, 5) is 22.3. The van der Waals surface area contributed by atoms with Crippen molar-refractivity contribution in [3.05, 3.63) is 0 Å². The Morgan fingerprint density at radius 3 is 2.71 bits per heavy atom. The molecule has 0 aliphatic carbocycles. The van der Waals surface area contributed by atoms with Crippen molar-refractivity contribution in [2.75, 3.05) is 26.2 Å². The molecule has 0 aromatic heterocycles. The van der Waals surface area contributed by atoms with E-state index in [4.69, 9.17) is 5.11 Å². The highest BCUT2D eigenvalue weighted by molar-refractivity contribution is 5.66. The maximum atomic E-state index is 10.3. The second-order valence-electron chi connectivity index (χ2n) is 3.00. The van der Waals surface area contributed by atoms with Gasteiger partial charge in [0.1, 0.15) is 0 Å². The number of carboxylic acid groups (broad SMARTS) is 1. The Morgan fingerprint density at radius 2 is 2.21 bits per heavy atom. The van der Waals surface area contributed by atoms with E-state index < -0.39 is 5.97 Å². The summed E-state index contributed by atoms with van der Waals surface area (Å²) >= 11 is 0. The average Bonchev–Trinajstić information content (AvgIpc) is 2.15. The molecular formula is C9H18N2O3. The molecule has 0 spiro atoms. The molecule has 0 heterocycles. The summed E-state index contributed by atoms with van der Waals surface area (Å²) in [5.41, 5.74) is 0. The zero-order valence-corrected chi connectivity index (χ0v) is 8.53. The molecule has 0 rings (SSSR count). The molecule has 0 atom stereocenters. The van der Waals surface area contributed by atoms with Gasteiger partial charge in [-0.05, 0) is 19.5 Å². The molecule has 14 heavy (non-hydrogen) atoms. The number of likely N-dealkylation sites (N-methyl/N-ethyl adjacent to an activating group) is 1. The van der Waals surface area contributed by atoms with Gasteiger partial charge in [-0.3, -0.25) is 9.59 Å². The standard InChI is InChI=1S/C9H18N2O3/c1-2-11(7-5-10-8-12)6-3-4-9(13)14/h8H,2-7H2,1H3,(H,10,12)(H,13,14). The van der Waals surface area contributed by atoms with Crippen LogP contribution >= 0.6 is 0 Å². The Morgan fingerprint density at radius 1 is 1.50 bits per heavy atom. The van der Waals surface area contributed by atoms with Crippen molar-refractivity contribution in [2.45, 2.75) is 19.8 Å². The van der Waals surface area contributed by atoms with Crippen molar-refractivity contribution < 1.29 is 14.7 Å². The van der Waals surface area contributed by atoms with E-state index in [0.717, 1.165) is 19.6 Å². The van der Waals surface area contributed by atoms with E-state index in [-0.39, 0.29) is 6.42 Å². The van der Waals surface area contributed by atoms with Crippen LogP contribution in [-0.2, 0) is 9.59 Å². The molecule has 5 heteroatoms. The van der Waals surface area contributed by atoms with Gasteiger partial charge < -0.3 is 15.3 Å². The van der Waals surface area contributed by atoms with Crippen LogP contribution < -0.4 is 5.32 Å². The fourth-order valence-corrected chi connectivity index (χ4v) is 1.16. The first-order chi connectivity index (χ1) is 6.70. The molecule has 2 N–H and O–H groups in total. The number of aliphatic carboxylic acids is 1. The van der Waals surface area contributed by atoms with E-state index in [2.05, 4.69) is 10.2 Å². The van der Waals surface area contributed by atoms with Gasteiger partial charge in [-0.2, -0.15) is 0 Å². The van der Waals surface area contributed by atoms with Gasteiger partial charge in [0.25, 0.3) is 0 Å². The van der Waals surface area contributed by atoms with E-state index in [1.807, 2.05) is 6.92 Å². The first kappa shape index (κ1) is 12.9. The van der Waals surface area contributed by atoms with Crippen molar-refractivity contribution in [3.63, 3.8) is 0 Å². The minimum Gasteiger partial charge on any atom is -0.481 e. The molecule has 0 aliphatic heterocycles. The Kier molecular flexibility index (Phi) is 7.83. The molecule has 0 aromatic rings. The maximum Gasteiger partial charge on any atom is 0.303 e. The van der Waals surface area contributed by atoms with Gasteiger partial charge in [-0.25, -0.2) is 0 Å². The fourth-order valence-electron chi connectivity index (χ4n) is 1.16. The first-order valence-corrected chi connectivity index (χ1v) is 4.82. The van der Waals surface area contributed by atoms with E-state index in [1.165, 1.54) is 0 Å². The molecule has 0 saturated carbocycles. The number of carbonyl (C=O) groups excluding carboxylic acids is 1. The van der Waals surface area contributed by atoms with E-state index >= 15 is 0 Å². The maximum absolute atomic E-state index is 10.3. The van der Waals surface area contributed by atoms with Crippen molar-refractivity contribution in [2.24, 2.45) is 0 Å². The number of rotatable bonds is 9. The Bertz CT molecular complexity index is 173. The van der Waals surface area contributed by atoms with Crippen LogP contribution in [0.4, 0.5) is 0 Å². The summed E-state index contributed by atoms with van der Waals surface area (Å²) in [6.45, 7) is 5.05. The molecule has 0 aromatic carbocycles. The lowest BCUT2D eigenvalue weighted by molar-refractivity contribution is -0.137. The van der Waals surface area contributed by atoms with Gasteiger partial charge in [0.05, 0.1) is 0 Å². The SMILES string of the molecule is CCN(CCCC(=O)O)CCNC=O. The topological polar surface area (TPSA) is 69.6 Å². The van der Waals surface area contributed by atoms with Crippen LogP contribution in [0, 0.1) is 0 Å². The van der Waals surface area contributed by atoms with Gasteiger partial charge in [0.15, 0.2) is 0 Å². The summed E-state index contributed by atoms with van der Waals surface area (Å²) in [6, 6.07) is 0. The first-order valence-electron chi connectivity index (χ1n) is 4.82. The van der Waals surface area contributed by atoms with Crippen molar-refractivity contribution in [3.8, 4) is 0 Å². The summed E-state index contributed by atoms with van der Waals surface area (Å²) in [7, 11) is 0. The Labute approximate surface area is 84.1 Å². The monoisotopic (exact) mass is 202 g/mol. The lowest BCUT2D eigenvalue weighted by Crippen LogP contribution is -2.32. The Hall–Kier alpha value is -1.10. The summed E-state index contributed by atoms with van der Waals surface area (Å²) in [5, 5.41) is 11.0. The van der Waals surface area contributed by atoms with Crippen molar-refractivity contribution in [1.82, 2.24) is 10.2 Å². The van der Waals surface area contributed by atoms with Gasteiger partial charge in [-0.15, -0.1) is 0 Å². The lowest BCUT2D eigenvalue weighted by atomic mass is 10.3. The molecule has 0 saturated heterocycles. The number of hydrogen-bond acceptors (Lipinski definition) is 3. The number of carbonyl (C=O) groups is 2. The molecule has 0 unspecified atom stereocenters. The zero-order valence-electron chi connectivity index (χ0n) is 8.53. The normalized spacial score (nSPS) is 10.1. The van der Waals surface area contributed by atoms with Crippen LogP contribution in [0.1, 0.15) is 19.8 Å². The van der Waals surface area contributed by atoms with E-state index in [0.29, 0.717) is 19.4 Å². The van der Waals surface area contributed by atoms with Crippen LogP contribution in [0.25, 0.3) is 0 Å². The van der Waals surface area contributed by atoms with Crippen molar-refractivity contribution >= 4 is 12.4 Å². The minimum absolute atomic E-state index is 0.206. The number of amides is 1. The van der Waals surface area contributed by atoms with Crippen molar-refractivity contribution in [1.29, 1.82) is 0 Å². The highest BCUT2D eigenvalue weighted by atomic mass is 16.4. The third-order valence-electron chi connectivity index (χ3n) is 1.97. The number of nitrogens with one attached hydrogen (secondary N) is 1.